The second-order valence-electron chi connectivity index (χ2n) is 5.85. The number of primary amides is 1. The smallest absolute Gasteiger partial charge is 0.267 e. The first kappa shape index (κ1) is 14.9. The van der Waals surface area contributed by atoms with Gasteiger partial charge in [0, 0.05) is 39.3 Å². The molecule has 0 bridgehead atoms. The molecule has 5 nitrogen and oxygen atoms in total. The average molecular weight is 276 g/mol. The Morgan fingerprint density at radius 1 is 1.25 bits per heavy atom. The molecule has 1 amide bonds. The normalized spacial score (nSPS) is 17.6. The molecule has 0 aromatic carbocycles. The van der Waals surface area contributed by atoms with E-state index < -0.39 is 5.91 Å². The van der Waals surface area contributed by atoms with Crippen LogP contribution in [0.25, 0.3) is 0 Å². The number of hydrogen-bond donors (Lipinski definition) is 1. The monoisotopic (exact) mass is 276 g/mol. The summed E-state index contributed by atoms with van der Waals surface area (Å²) in [4.78, 5) is 20.3. The lowest BCUT2D eigenvalue weighted by atomic mass is 10.2. The predicted molar refractivity (Wildman–Crippen MR) is 79.3 cm³/mol. The van der Waals surface area contributed by atoms with E-state index in [2.05, 4.69) is 28.6 Å². The third kappa shape index (κ3) is 4.28. The van der Waals surface area contributed by atoms with Crippen LogP contribution >= 0.6 is 0 Å². The maximum absolute atomic E-state index is 11.1. The van der Waals surface area contributed by atoms with E-state index in [-0.39, 0.29) is 0 Å². The van der Waals surface area contributed by atoms with Gasteiger partial charge in [-0.3, -0.25) is 9.69 Å². The molecule has 1 fully saturated rings. The van der Waals surface area contributed by atoms with Crippen molar-refractivity contribution < 1.29 is 4.79 Å². The van der Waals surface area contributed by atoms with Crippen LogP contribution in [-0.2, 0) is 6.54 Å². The van der Waals surface area contributed by atoms with Gasteiger partial charge in [-0.15, -0.1) is 0 Å². The van der Waals surface area contributed by atoms with Crippen LogP contribution in [0.2, 0.25) is 0 Å². The SMILES string of the molecule is CC(C)CN1CCN(Cc2cccc(C(N)=O)n2)CC1. The van der Waals surface area contributed by atoms with E-state index in [0.717, 1.165) is 44.3 Å². The zero-order chi connectivity index (χ0) is 14.5. The molecule has 2 heterocycles. The van der Waals surface area contributed by atoms with Crippen LogP contribution in [0.1, 0.15) is 30.0 Å². The minimum atomic E-state index is -0.464. The number of pyridine rings is 1. The van der Waals surface area contributed by atoms with Gasteiger partial charge in [0.15, 0.2) is 0 Å². The highest BCUT2D eigenvalue weighted by molar-refractivity contribution is 5.90. The molecular weight excluding hydrogens is 252 g/mol. The van der Waals surface area contributed by atoms with Crippen LogP contribution < -0.4 is 5.73 Å². The second kappa shape index (κ2) is 6.81. The van der Waals surface area contributed by atoms with Crippen LogP contribution in [0.5, 0.6) is 0 Å². The summed E-state index contributed by atoms with van der Waals surface area (Å²) in [6, 6.07) is 5.46. The van der Waals surface area contributed by atoms with Crippen LogP contribution in [-0.4, -0.2) is 53.4 Å². The van der Waals surface area contributed by atoms with E-state index in [1.165, 1.54) is 6.54 Å². The van der Waals surface area contributed by atoms with Gasteiger partial charge in [0.2, 0.25) is 0 Å². The van der Waals surface area contributed by atoms with Crippen molar-refractivity contribution in [3.63, 3.8) is 0 Å². The molecule has 1 aromatic rings. The van der Waals surface area contributed by atoms with Gasteiger partial charge in [-0.05, 0) is 18.1 Å². The van der Waals surface area contributed by atoms with Gasteiger partial charge in [0.05, 0.1) is 5.69 Å². The fourth-order valence-corrected chi connectivity index (χ4v) is 2.58. The molecular formula is C15H24N4O. The Hall–Kier alpha value is -1.46. The number of aromatic nitrogens is 1. The average Bonchev–Trinajstić information content (AvgIpc) is 2.41. The van der Waals surface area contributed by atoms with Gasteiger partial charge in [0.1, 0.15) is 5.69 Å². The molecule has 1 aliphatic rings. The molecule has 0 aliphatic carbocycles. The minimum Gasteiger partial charge on any atom is -0.364 e. The van der Waals surface area contributed by atoms with Crippen LogP contribution in [0.15, 0.2) is 18.2 Å². The van der Waals surface area contributed by atoms with E-state index in [1.807, 2.05) is 12.1 Å². The summed E-state index contributed by atoms with van der Waals surface area (Å²) in [6.45, 7) is 10.8. The highest BCUT2D eigenvalue weighted by Gasteiger charge is 2.18. The van der Waals surface area contributed by atoms with Crippen molar-refractivity contribution in [2.75, 3.05) is 32.7 Å². The summed E-state index contributed by atoms with van der Waals surface area (Å²) >= 11 is 0. The van der Waals surface area contributed by atoms with E-state index >= 15 is 0 Å². The topological polar surface area (TPSA) is 62.5 Å². The maximum atomic E-state index is 11.1. The molecule has 0 atom stereocenters. The summed E-state index contributed by atoms with van der Waals surface area (Å²) in [5, 5.41) is 0. The first-order chi connectivity index (χ1) is 9.54. The molecule has 1 saturated heterocycles. The lowest BCUT2D eigenvalue weighted by Gasteiger charge is -2.35. The van der Waals surface area contributed by atoms with Crippen LogP contribution in [0.3, 0.4) is 0 Å². The van der Waals surface area contributed by atoms with E-state index in [1.54, 1.807) is 6.07 Å². The van der Waals surface area contributed by atoms with Crippen LogP contribution in [0, 0.1) is 5.92 Å². The largest absolute Gasteiger partial charge is 0.364 e. The quantitative estimate of drug-likeness (QED) is 0.870. The number of hydrogen-bond acceptors (Lipinski definition) is 4. The van der Waals surface area contributed by atoms with Gasteiger partial charge in [-0.2, -0.15) is 0 Å². The van der Waals surface area contributed by atoms with Gasteiger partial charge in [-0.25, -0.2) is 4.98 Å². The van der Waals surface area contributed by atoms with Crippen LogP contribution in [0.4, 0.5) is 0 Å². The molecule has 20 heavy (non-hydrogen) atoms. The number of rotatable bonds is 5. The highest BCUT2D eigenvalue weighted by Crippen LogP contribution is 2.09. The van der Waals surface area contributed by atoms with Crippen molar-refractivity contribution in [3.05, 3.63) is 29.6 Å². The zero-order valence-electron chi connectivity index (χ0n) is 12.4. The second-order valence-corrected chi connectivity index (χ2v) is 5.85. The third-order valence-electron chi connectivity index (χ3n) is 3.53. The summed E-state index contributed by atoms with van der Waals surface area (Å²) < 4.78 is 0. The predicted octanol–water partition coefficient (Wildman–Crippen LogP) is 0.954. The molecule has 110 valence electrons. The molecule has 1 aromatic heterocycles. The molecule has 0 unspecified atom stereocenters. The Morgan fingerprint density at radius 2 is 1.90 bits per heavy atom. The van der Waals surface area contributed by atoms with E-state index in [0.29, 0.717) is 5.69 Å². The molecule has 2 N–H and O–H groups in total. The van der Waals surface area contributed by atoms with Crippen molar-refractivity contribution >= 4 is 5.91 Å². The van der Waals surface area contributed by atoms with Gasteiger partial charge >= 0.3 is 0 Å². The van der Waals surface area contributed by atoms with Gasteiger partial charge in [-0.1, -0.05) is 19.9 Å². The lowest BCUT2D eigenvalue weighted by Crippen LogP contribution is -2.47. The first-order valence-corrected chi connectivity index (χ1v) is 7.25. The Balaban J connectivity index is 1.86. The van der Waals surface area contributed by atoms with Gasteiger partial charge < -0.3 is 10.6 Å². The number of nitrogens with two attached hydrogens (primary N) is 1. The van der Waals surface area contributed by atoms with Crippen molar-refractivity contribution in [2.24, 2.45) is 11.7 Å². The highest BCUT2D eigenvalue weighted by atomic mass is 16.1. The fourth-order valence-electron chi connectivity index (χ4n) is 2.58. The number of carbonyl (C=O) groups excluding carboxylic acids is 1. The number of nitrogens with zero attached hydrogens (tertiary/aromatic N) is 3. The standard InChI is InChI=1S/C15H24N4O/c1-12(2)10-18-6-8-19(9-7-18)11-13-4-3-5-14(17-13)15(16)20/h3-5,12H,6-11H2,1-2H3,(H2,16,20). The summed E-state index contributed by atoms with van der Waals surface area (Å²) in [5.41, 5.74) is 6.52. The maximum Gasteiger partial charge on any atom is 0.267 e. The molecule has 5 heteroatoms. The molecule has 0 saturated carbocycles. The number of amides is 1. The molecule has 0 radical (unpaired) electrons. The Bertz CT molecular complexity index is 453. The Morgan fingerprint density at radius 3 is 2.50 bits per heavy atom. The lowest BCUT2D eigenvalue weighted by molar-refractivity contribution is 0.0994. The number of carbonyl (C=O) groups is 1. The van der Waals surface area contributed by atoms with Crippen molar-refractivity contribution in [1.29, 1.82) is 0 Å². The fraction of sp³-hybridized carbons (Fsp3) is 0.600. The zero-order valence-corrected chi connectivity index (χ0v) is 12.4. The minimum absolute atomic E-state index is 0.348. The van der Waals surface area contributed by atoms with Gasteiger partial charge in [0.25, 0.3) is 5.91 Å². The summed E-state index contributed by atoms with van der Waals surface area (Å²) in [7, 11) is 0. The molecule has 0 spiro atoms. The van der Waals surface area contributed by atoms with E-state index in [9.17, 15) is 4.79 Å². The number of piperazine rings is 1. The molecule has 2 rings (SSSR count). The molecule has 1 aliphatic heterocycles. The Kier molecular flexibility index (Phi) is 5.09. The van der Waals surface area contributed by atoms with Crippen molar-refractivity contribution in [1.82, 2.24) is 14.8 Å². The summed E-state index contributed by atoms with van der Waals surface area (Å²) in [6.07, 6.45) is 0. The Labute approximate surface area is 120 Å². The third-order valence-corrected chi connectivity index (χ3v) is 3.53. The first-order valence-electron chi connectivity index (χ1n) is 7.25. The van der Waals surface area contributed by atoms with Crippen molar-refractivity contribution in [3.8, 4) is 0 Å². The summed E-state index contributed by atoms with van der Waals surface area (Å²) in [5.74, 6) is 0.254. The van der Waals surface area contributed by atoms with Crippen molar-refractivity contribution in [2.45, 2.75) is 20.4 Å². The van der Waals surface area contributed by atoms with E-state index in [4.69, 9.17) is 5.73 Å².